The fourth-order valence-corrected chi connectivity index (χ4v) is 2.90. The van der Waals surface area contributed by atoms with E-state index in [1.54, 1.807) is 6.20 Å². The van der Waals surface area contributed by atoms with Gasteiger partial charge in [-0.05, 0) is 19.1 Å². The Labute approximate surface area is 112 Å². The van der Waals surface area contributed by atoms with Crippen LogP contribution in [0.25, 0.3) is 0 Å². The van der Waals surface area contributed by atoms with Crippen LogP contribution in [0.15, 0.2) is 24.4 Å². The Hall–Kier alpha value is -1.07. The van der Waals surface area contributed by atoms with Crippen molar-refractivity contribution < 1.29 is 4.79 Å². The van der Waals surface area contributed by atoms with Gasteiger partial charge in [-0.2, -0.15) is 11.8 Å². The van der Waals surface area contributed by atoms with Gasteiger partial charge >= 0.3 is 0 Å². The fraction of sp³-hybridized carbons (Fsp3) is 0.538. The zero-order chi connectivity index (χ0) is 12.8. The molecule has 98 valence electrons. The normalized spacial score (nSPS) is 19.5. The predicted molar refractivity (Wildman–Crippen MR) is 74.4 cm³/mol. The van der Waals surface area contributed by atoms with Gasteiger partial charge in [-0.15, -0.1) is 0 Å². The maximum absolute atomic E-state index is 12.4. The summed E-state index contributed by atoms with van der Waals surface area (Å²) in [7, 11) is 0. The van der Waals surface area contributed by atoms with Gasteiger partial charge in [-0.3, -0.25) is 9.78 Å². The van der Waals surface area contributed by atoms with Gasteiger partial charge in [0.25, 0.3) is 0 Å². The van der Waals surface area contributed by atoms with Gasteiger partial charge in [0.15, 0.2) is 0 Å². The maximum atomic E-state index is 12.4. The molecule has 1 saturated heterocycles. The van der Waals surface area contributed by atoms with Crippen LogP contribution in [0.4, 0.5) is 0 Å². The lowest BCUT2D eigenvalue weighted by molar-refractivity contribution is -0.133. The van der Waals surface area contributed by atoms with Gasteiger partial charge in [0.05, 0.1) is 18.3 Å². The molecule has 4 nitrogen and oxygen atoms in total. The number of nitrogens with one attached hydrogen (secondary N) is 1. The lowest BCUT2D eigenvalue weighted by atomic mass is 10.2. The van der Waals surface area contributed by atoms with Crippen molar-refractivity contribution in [3.05, 3.63) is 30.1 Å². The summed E-state index contributed by atoms with van der Waals surface area (Å²) in [4.78, 5) is 18.5. The number of pyridine rings is 1. The van der Waals surface area contributed by atoms with Crippen LogP contribution in [0.1, 0.15) is 12.6 Å². The molecule has 1 unspecified atom stereocenters. The first-order chi connectivity index (χ1) is 8.81. The molecule has 1 aliphatic heterocycles. The van der Waals surface area contributed by atoms with E-state index in [2.05, 4.69) is 10.3 Å². The Morgan fingerprint density at radius 2 is 2.50 bits per heavy atom. The second-order valence-corrected chi connectivity index (χ2v) is 5.40. The van der Waals surface area contributed by atoms with Crippen molar-refractivity contribution in [2.75, 3.05) is 24.6 Å². The Morgan fingerprint density at radius 3 is 3.11 bits per heavy atom. The van der Waals surface area contributed by atoms with Gasteiger partial charge in [-0.1, -0.05) is 6.07 Å². The minimum Gasteiger partial charge on any atom is -0.336 e. The van der Waals surface area contributed by atoms with Crippen LogP contribution in [0.3, 0.4) is 0 Å². The molecule has 1 N–H and O–H groups in total. The van der Waals surface area contributed by atoms with Crippen molar-refractivity contribution >= 4 is 17.7 Å². The number of likely N-dealkylation sites (N-methyl/N-ethyl adjacent to an activating group) is 1. The van der Waals surface area contributed by atoms with E-state index < -0.39 is 0 Å². The highest BCUT2D eigenvalue weighted by molar-refractivity contribution is 7.99. The standard InChI is InChI=1S/C13H19N3OS/c1-2-16(9-11-5-3-4-6-14-11)13(17)12-10-18-8-7-15-12/h3-6,12,15H,2,7-10H2,1H3. The highest BCUT2D eigenvalue weighted by Gasteiger charge is 2.25. The van der Waals surface area contributed by atoms with E-state index in [9.17, 15) is 4.79 Å². The van der Waals surface area contributed by atoms with Crippen molar-refractivity contribution in [3.8, 4) is 0 Å². The molecule has 1 amide bonds. The summed E-state index contributed by atoms with van der Waals surface area (Å²) in [5, 5.41) is 3.29. The number of amides is 1. The summed E-state index contributed by atoms with van der Waals surface area (Å²) in [5.41, 5.74) is 0.941. The van der Waals surface area contributed by atoms with E-state index in [0.717, 1.165) is 30.3 Å². The second kappa shape index (κ2) is 6.75. The summed E-state index contributed by atoms with van der Waals surface area (Å²) < 4.78 is 0. The maximum Gasteiger partial charge on any atom is 0.240 e. The molecule has 18 heavy (non-hydrogen) atoms. The van der Waals surface area contributed by atoms with E-state index >= 15 is 0 Å². The van der Waals surface area contributed by atoms with Gasteiger partial charge in [-0.25, -0.2) is 0 Å². The van der Waals surface area contributed by atoms with Crippen molar-refractivity contribution in [2.24, 2.45) is 0 Å². The number of rotatable bonds is 4. The topological polar surface area (TPSA) is 45.2 Å². The zero-order valence-electron chi connectivity index (χ0n) is 10.6. The van der Waals surface area contributed by atoms with Crippen LogP contribution in [0, 0.1) is 0 Å². The largest absolute Gasteiger partial charge is 0.336 e. The van der Waals surface area contributed by atoms with E-state index in [4.69, 9.17) is 0 Å². The van der Waals surface area contributed by atoms with E-state index in [1.807, 2.05) is 41.8 Å². The second-order valence-electron chi connectivity index (χ2n) is 4.26. The minimum absolute atomic E-state index is 0.0348. The van der Waals surface area contributed by atoms with Crippen molar-refractivity contribution in [3.63, 3.8) is 0 Å². The first kappa shape index (κ1) is 13.4. The van der Waals surface area contributed by atoms with E-state index in [1.165, 1.54) is 0 Å². The molecule has 1 fully saturated rings. The van der Waals surface area contributed by atoms with Crippen LogP contribution >= 0.6 is 11.8 Å². The lowest BCUT2D eigenvalue weighted by Crippen LogP contribution is -2.50. The average molecular weight is 265 g/mol. The van der Waals surface area contributed by atoms with E-state index in [-0.39, 0.29) is 11.9 Å². The smallest absolute Gasteiger partial charge is 0.240 e. The molecule has 0 saturated carbocycles. The van der Waals surface area contributed by atoms with Gasteiger partial charge in [0.2, 0.25) is 5.91 Å². The number of nitrogens with zero attached hydrogens (tertiary/aromatic N) is 2. The number of carbonyl (C=O) groups excluding carboxylic acids is 1. The molecule has 0 bridgehead atoms. The van der Waals surface area contributed by atoms with Crippen molar-refractivity contribution in [2.45, 2.75) is 19.5 Å². The number of hydrogen-bond acceptors (Lipinski definition) is 4. The molecule has 0 aliphatic carbocycles. The highest BCUT2D eigenvalue weighted by atomic mass is 32.2. The van der Waals surface area contributed by atoms with Crippen LogP contribution in [-0.4, -0.2) is 46.4 Å². The van der Waals surface area contributed by atoms with Crippen LogP contribution in [-0.2, 0) is 11.3 Å². The number of thioether (sulfide) groups is 1. The van der Waals surface area contributed by atoms with Crippen molar-refractivity contribution in [1.29, 1.82) is 0 Å². The summed E-state index contributed by atoms with van der Waals surface area (Å²) in [6.07, 6.45) is 1.77. The Bertz CT molecular complexity index is 379. The molecular formula is C13H19N3OS. The third-order valence-electron chi connectivity index (χ3n) is 2.99. The summed E-state index contributed by atoms with van der Waals surface area (Å²) in [6.45, 7) is 4.25. The fourth-order valence-electron chi connectivity index (χ4n) is 1.98. The molecule has 2 heterocycles. The Balaban J connectivity index is 1.97. The molecule has 1 atom stereocenters. The lowest BCUT2D eigenvalue weighted by Gasteiger charge is -2.28. The molecule has 0 aromatic carbocycles. The monoisotopic (exact) mass is 265 g/mol. The Morgan fingerprint density at radius 1 is 1.61 bits per heavy atom. The molecule has 1 aromatic heterocycles. The van der Waals surface area contributed by atoms with Gasteiger partial charge in [0.1, 0.15) is 0 Å². The SMILES string of the molecule is CCN(Cc1ccccn1)C(=O)C1CSCCN1. The van der Waals surface area contributed by atoms with E-state index in [0.29, 0.717) is 6.54 Å². The first-order valence-corrected chi connectivity index (χ1v) is 7.46. The van der Waals surface area contributed by atoms with Crippen LogP contribution < -0.4 is 5.32 Å². The highest BCUT2D eigenvalue weighted by Crippen LogP contribution is 2.11. The summed E-state index contributed by atoms with van der Waals surface area (Å²) in [5.74, 6) is 2.16. The number of hydrogen-bond donors (Lipinski definition) is 1. The molecular weight excluding hydrogens is 246 g/mol. The molecule has 0 radical (unpaired) electrons. The molecule has 2 rings (SSSR count). The number of carbonyl (C=O) groups is 1. The molecule has 1 aromatic rings. The minimum atomic E-state index is -0.0348. The quantitative estimate of drug-likeness (QED) is 0.886. The molecule has 1 aliphatic rings. The average Bonchev–Trinajstić information content (AvgIpc) is 2.46. The third kappa shape index (κ3) is 3.46. The van der Waals surface area contributed by atoms with Crippen LogP contribution in [0.5, 0.6) is 0 Å². The Kier molecular flexibility index (Phi) is 5.01. The number of aromatic nitrogens is 1. The molecule has 5 heteroatoms. The van der Waals surface area contributed by atoms with Crippen molar-refractivity contribution in [1.82, 2.24) is 15.2 Å². The predicted octanol–water partition coefficient (Wildman–Crippen LogP) is 1.14. The van der Waals surface area contributed by atoms with Crippen LogP contribution in [0.2, 0.25) is 0 Å². The molecule has 0 spiro atoms. The third-order valence-corrected chi connectivity index (χ3v) is 4.05. The van der Waals surface area contributed by atoms with Gasteiger partial charge in [0, 0.05) is 30.8 Å². The summed E-state index contributed by atoms with van der Waals surface area (Å²) in [6, 6.07) is 5.77. The van der Waals surface area contributed by atoms with Gasteiger partial charge < -0.3 is 10.2 Å². The zero-order valence-corrected chi connectivity index (χ0v) is 11.4. The first-order valence-electron chi connectivity index (χ1n) is 6.31. The summed E-state index contributed by atoms with van der Waals surface area (Å²) >= 11 is 1.84.